The van der Waals surface area contributed by atoms with Gasteiger partial charge >= 0.3 is 0 Å². The molecule has 0 radical (unpaired) electrons. The molecule has 1 amide bonds. The number of nitrogens with zero attached hydrogens (tertiary/aromatic N) is 1. The first-order valence-electron chi connectivity index (χ1n) is 9.22. The molecule has 160 valence electrons. The number of rotatable bonds is 8. The van der Waals surface area contributed by atoms with Gasteiger partial charge in [0.25, 0.3) is 5.91 Å². The van der Waals surface area contributed by atoms with Crippen LogP contribution in [0.25, 0.3) is 0 Å². The summed E-state index contributed by atoms with van der Waals surface area (Å²) in [4.78, 5) is 12.1. The van der Waals surface area contributed by atoms with Crippen molar-refractivity contribution in [1.82, 2.24) is 5.43 Å². The highest BCUT2D eigenvalue weighted by Crippen LogP contribution is 2.29. The predicted molar refractivity (Wildman–Crippen MR) is 122 cm³/mol. The number of hydrazone groups is 1. The molecule has 8 heteroatoms. The minimum absolute atomic E-state index is 0.304. The van der Waals surface area contributed by atoms with Crippen LogP contribution < -0.4 is 19.6 Å². The highest BCUT2D eigenvalue weighted by Gasteiger charge is 2.08. The summed E-state index contributed by atoms with van der Waals surface area (Å²) < 4.78 is 16.3. The maximum absolute atomic E-state index is 12.1. The first kappa shape index (κ1) is 22.5. The Morgan fingerprint density at radius 2 is 1.71 bits per heavy atom. The fourth-order valence-corrected chi connectivity index (χ4v) is 2.97. The molecule has 0 aliphatic carbocycles. The van der Waals surface area contributed by atoms with E-state index in [1.165, 1.54) is 6.21 Å². The lowest BCUT2D eigenvalue weighted by Crippen LogP contribution is -2.17. The summed E-state index contributed by atoms with van der Waals surface area (Å²) in [5.74, 6) is 1.44. The molecular formula is C23H20Cl2N2O4. The smallest absolute Gasteiger partial charge is 0.271 e. The molecule has 3 aromatic rings. The molecule has 0 aliphatic rings. The van der Waals surface area contributed by atoms with Gasteiger partial charge in [-0.1, -0.05) is 29.3 Å². The van der Waals surface area contributed by atoms with Gasteiger partial charge in [-0.2, -0.15) is 5.10 Å². The number of amides is 1. The molecule has 0 spiro atoms. The molecule has 0 aromatic heterocycles. The van der Waals surface area contributed by atoms with Gasteiger partial charge < -0.3 is 14.2 Å². The molecule has 6 nitrogen and oxygen atoms in total. The Morgan fingerprint density at radius 1 is 0.935 bits per heavy atom. The molecule has 0 heterocycles. The zero-order valence-corrected chi connectivity index (χ0v) is 18.4. The number of benzene rings is 3. The van der Waals surface area contributed by atoms with E-state index in [0.29, 0.717) is 39.5 Å². The lowest BCUT2D eigenvalue weighted by molar-refractivity contribution is 0.0955. The third-order valence-corrected chi connectivity index (χ3v) is 5.04. The lowest BCUT2D eigenvalue weighted by atomic mass is 10.2. The highest BCUT2D eigenvalue weighted by atomic mass is 35.5. The first-order chi connectivity index (χ1) is 15.0. The van der Waals surface area contributed by atoms with Crippen molar-refractivity contribution >= 4 is 35.3 Å². The number of halogens is 2. The van der Waals surface area contributed by atoms with Crippen molar-refractivity contribution in [3.05, 3.63) is 87.4 Å². The normalized spacial score (nSPS) is 10.7. The Kier molecular flexibility index (Phi) is 7.76. The van der Waals surface area contributed by atoms with E-state index in [1.54, 1.807) is 68.8 Å². The predicted octanol–water partition coefficient (Wildman–Crippen LogP) is 5.35. The summed E-state index contributed by atoms with van der Waals surface area (Å²) in [6.07, 6.45) is 1.52. The van der Waals surface area contributed by atoms with Crippen LogP contribution in [0.1, 0.15) is 21.5 Å². The van der Waals surface area contributed by atoms with Crippen LogP contribution in [0.5, 0.6) is 17.2 Å². The molecule has 31 heavy (non-hydrogen) atoms. The molecule has 0 saturated heterocycles. The second-order valence-corrected chi connectivity index (χ2v) is 7.19. The van der Waals surface area contributed by atoms with E-state index in [0.717, 1.165) is 11.1 Å². The van der Waals surface area contributed by atoms with Crippen LogP contribution in [0, 0.1) is 0 Å². The van der Waals surface area contributed by atoms with Gasteiger partial charge in [0.15, 0.2) is 11.5 Å². The van der Waals surface area contributed by atoms with Crippen LogP contribution in [0.3, 0.4) is 0 Å². The second-order valence-electron chi connectivity index (χ2n) is 6.38. The molecule has 3 rings (SSSR count). The zero-order valence-electron chi connectivity index (χ0n) is 16.9. The standard InChI is InChI=1S/C23H20Cl2N2O4/c1-29-18-7-5-17(6-8-18)23(28)27-26-13-15-4-10-21(22(12-15)30-2)31-14-16-3-9-19(24)20(25)11-16/h3-13H,14H2,1-2H3,(H,27,28)/b26-13-. The minimum Gasteiger partial charge on any atom is -0.497 e. The lowest BCUT2D eigenvalue weighted by Gasteiger charge is -2.11. The van der Waals surface area contributed by atoms with Crippen molar-refractivity contribution in [2.24, 2.45) is 5.10 Å². The van der Waals surface area contributed by atoms with E-state index in [2.05, 4.69) is 10.5 Å². The van der Waals surface area contributed by atoms with Crippen LogP contribution >= 0.6 is 23.2 Å². The third-order valence-electron chi connectivity index (χ3n) is 4.30. The minimum atomic E-state index is -0.326. The molecule has 0 unspecified atom stereocenters. The summed E-state index contributed by atoms with van der Waals surface area (Å²) >= 11 is 12.0. The zero-order chi connectivity index (χ0) is 22.2. The average Bonchev–Trinajstić information content (AvgIpc) is 2.80. The topological polar surface area (TPSA) is 69.2 Å². The quantitative estimate of drug-likeness (QED) is 0.364. The highest BCUT2D eigenvalue weighted by molar-refractivity contribution is 6.42. The number of methoxy groups -OCH3 is 2. The molecule has 0 aliphatic heterocycles. The molecule has 1 N–H and O–H groups in total. The summed E-state index contributed by atoms with van der Waals surface area (Å²) in [6, 6.07) is 17.4. The van der Waals surface area contributed by atoms with Crippen molar-refractivity contribution in [2.75, 3.05) is 14.2 Å². The van der Waals surface area contributed by atoms with Gasteiger partial charge in [-0.05, 0) is 65.7 Å². The number of carbonyl (C=O) groups excluding carboxylic acids is 1. The first-order valence-corrected chi connectivity index (χ1v) is 9.98. The molecule has 0 saturated carbocycles. The Bertz CT molecular complexity index is 1090. The van der Waals surface area contributed by atoms with Gasteiger partial charge in [-0.25, -0.2) is 5.43 Å². The maximum atomic E-state index is 12.1. The Hall–Kier alpha value is -3.22. The second kappa shape index (κ2) is 10.7. The third kappa shape index (κ3) is 6.13. The number of carbonyl (C=O) groups is 1. The van der Waals surface area contributed by atoms with Crippen LogP contribution in [-0.4, -0.2) is 26.3 Å². The van der Waals surface area contributed by atoms with Crippen LogP contribution in [0.15, 0.2) is 65.8 Å². The van der Waals surface area contributed by atoms with Crippen LogP contribution in [0.4, 0.5) is 0 Å². The van der Waals surface area contributed by atoms with Gasteiger partial charge in [0, 0.05) is 5.56 Å². The van der Waals surface area contributed by atoms with Crippen molar-refractivity contribution < 1.29 is 19.0 Å². The fraction of sp³-hybridized carbons (Fsp3) is 0.130. The van der Waals surface area contributed by atoms with Crippen LogP contribution in [0.2, 0.25) is 10.0 Å². The SMILES string of the molecule is COc1ccc(C(=O)N/N=C\c2ccc(OCc3ccc(Cl)c(Cl)c3)c(OC)c2)cc1. The summed E-state index contributed by atoms with van der Waals surface area (Å²) in [5, 5.41) is 4.96. The Morgan fingerprint density at radius 3 is 2.39 bits per heavy atom. The van der Waals surface area contributed by atoms with Crippen molar-refractivity contribution in [3.63, 3.8) is 0 Å². The van der Waals surface area contributed by atoms with Gasteiger partial charge in [-0.15, -0.1) is 0 Å². The number of hydrogen-bond acceptors (Lipinski definition) is 5. The molecule has 0 bridgehead atoms. The van der Waals surface area contributed by atoms with Crippen molar-refractivity contribution in [3.8, 4) is 17.2 Å². The number of hydrogen-bond donors (Lipinski definition) is 1. The van der Waals surface area contributed by atoms with Crippen LogP contribution in [-0.2, 0) is 6.61 Å². The van der Waals surface area contributed by atoms with E-state index < -0.39 is 0 Å². The van der Waals surface area contributed by atoms with E-state index in [-0.39, 0.29) is 5.91 Å². The van der Waals surface area contributed by atoms with E-state index in [1.807, 2.05) is 6.07 Å². The Labute approximate surface area is 190 Å². The van der Waals surface area contributed by atoms with E-state index in [9.17, 15) is 4.79 Å². The van der Waals surface area contributed by atoms with Gasteiger partial charge in [0.05, 0.1) is 30.5 Å². The van der Waals surface area contributed by atoms with Gasteiger partial charge in [-0.3, -0.25) is 4.79 Å². The molecular weight excluding hydrogens is 439 g/mol. The number of ether oxygens (including phenoxy) is 3. The van der Waals surface area contributed by atoms with Gasteiger partial charge in [0.1, 0.15) is 12.4 Å². The molecule has 0 fully saturated rings. The van der Waals surface area contributed by atoms with E-state index >= 15 is 0 Å². The molecule has 0 atom stereocenters. The maximum Gasteiger partial charge on any atom is 0.271 e. The fourth-order valence-electron chi connectivity index (χ4n) is 2.65. The molecule has 3 aromatic carbocycles. The number of nitrogens with one attached hydrogen (secondary N) is 1. The van der Waals surface area contributed by atoms with Crippen molar-refractivity contribution in [1.29, 1.82) is 0 Å². The summed E-state index contributed by atoms with van der Waals surface area (Å²) in [5.41, 5.74) is 4.57. The average molecular weight is 459 g/mol. The summed E-state index contributed by atoms with van der Waals surface area (Å²) in [7, 11) is 3.12. The summed E-state index contributed by atoms with van der Waals surface area (Å²) in [6.45, 7) is 0.304. The van der Waals surface area contributed by atoms with Crippen molar-refractivity contribution in [2.45, 2.75) is 6.61 Å². The monoisotopic (exact) mass is 458 g/mol. The largest absolute Gasteiger partial charge is 0.497 e. The Balaban J connectivity index is 1.61. The van der Waals surface area contributed by atoms with Gasteiger partial charge in [0.2, 0.25) is 0 Å². The van der Waals surface area contributed by atoms with E-state index in [4.69, 9.17) is 37.4 Å².